The van der Waals surface area contributed by atoms with Crippen LogP contribution in [0, 0.1) is 0 Å². The van der Waals surface area contributed by atoms with Crippen LogP contribution in [0.5, 0.6) is 0 Å². The van der Waals surface area contributed by atoms with Crippen LogP contribution in [0.1, 0.15) is 5.56 Å². The number of hydrogen-bond acceptors (Lipinski definition) is 3. The standard InChI is InChI=1S/C14H12N2S/c15-9-10-5-7-11(8-6-10)14-16-12-3-1-2-4-13(12)17-14/h1-8H,9,15H2. The van der Waals surface area contributed by atoms with Crippen LogP contribution in [0.3, 0.4) is 0 Å². The summed E-state index contributed by atoms with van der Waals surface area (Å²) in [4.78, 5) is 4.63. The van der Waals surface area contributed by atoms with Crippen LogP contribution in [0.15, 0.2) is 48.5 Å². The Morgan fingerprint density at radius 1 is 1.00 bits per heavy atom. The molecular weight excluding hydrogens is 228 g/mol. The van der Waals surface area contributed by atoms with Crippen molar-refractivity contribution < 1.29 is 0 Å². The quantitative estimate of drug-likeness (QED) is 0.745. The summed E-state index contributed by atoms with van der Waals surface area (Å²) in [5.41, 5.74) is 8.96. The number of thiazole rings is 1. The number of fused-ring (bicyclic) bond motifs is 1. The summed E-state index contributed by atoms with van der Waals surface area (Å²) < 4.78 is 1.23. The van der Waals surface area contributed by atoms with E-state index in [1.807, 2.05) is 18.2 Å². The molecule has 2 N–H and O–H groups in total. The van der Waals surface area contributed by atoms with Crippen molar-refractivity contribution in [2.45, 2.75) is 6.54 Å². The summed E-state index contributed by atoms with van der Waals surface area (Å²) in [7, 11) is 0. The third kappa shape index (κ3) is 1.95. The minimum absolute atomic E-state index is 0.583. The topological polar surface area (TPSA) is 38.9 Å². The van der Waals surface area contributed by atoms with E-state index in [0.29, 0.717) is 6.54 Å². The first kappa shape index (κ1) is 10.4. The normalized spacial score (nSPS) is 10.9. The van der Waals surface area contributed by atoms with Crippen molar-refractivity contribution in [3.63, 3.8) is 0 Å². The highest BCUT2D eigenvalue weighted by Crippen LogP contribution is 2.29. The minimum Gasteiger partial charge on any atom is -0.326 e. The van der Waals surface area contributed by atoms with Gasteiger partial charge in [0.15, 0.2) is 0 Å². The zero-order valence-electron chi connectivity index (χ0n) is 9.26. The highest BCUT2D eigenvalue weighted by atomic mass is 32.1. The van der Waals surface area contributed by atoms with E-state index in [1.54, 1.807) is 11.3 Å². The first-order valence-corrected chi connectivity index (χ1v) is 6.33. The van der Waals surface area contributed by atoms with Crippen LogP contribution in [-0.2, 0) is 6.54 Å². The number of rotatable bonds is 2. The molecule has 0 aliphatic heterocycles. The molecule has 0 saturated heterocycles. The highest BCUT2D eigenvalue weighted by Gasteiger charge is 2.05. The number of nitrogens with two attached hydrogens (primary N) is 1. The Morgan fingerprint density at radius 3 is 2.47 bits per heavy atom. The van der Waals surface area contributed by atoms with E-state index in [1.165, 1.54) is 4.70 Å². The molecule has 84 valence electrons. The molecule has 0 bridgehead atoms. The summed E-state index contributed by atoms with van der Waals surface area (Å²) >= 11 is 1.72. The average molecular weight is 240 g/mol. The van der Waals surface area contributed by atoms with Gasteiger partial charge in [-0.2, -0.15) is 0 Å². The SMILES string of the molecule is NCc1ccc(-c2nc3ccccc3s2)cc1. The van der Waals surface area contributed by atoms with Gasteiger partial charge in [-0.3, -0.25) is 0 Å². The van der Waals surface area contributed by atoms with Gasteiger partial charge in [0, 0.05) is 12.1 Å². The van der Waals surface area contributed by atoms with Crippen molar-refractivity contribution in [1.82, 2.24) is 4.98 Å². The second-order valence-electron chi connectivity index (χ2n) is 3.89. The first-order valence-electron chi connectivity index (χ1n) is 5.52. The number of hydrogen-bond donors (Lipinski definition) is 1. The van der Waals surface area contributed by atoms with Gasteiger partial charge in [0.05, 0.1) is 10.2 Å². The third-order valence-corrected chi connectivity index (χ3v) is 3.82. The smallest absolute Gasteiger partial charge is 0.124 e. The van der Waals surface area contributed by atoms with Crippen molar-refractivity contribution in [1.29, 1.82) is 0 Å². The molecule has 0 aliphatic carbocycles. The number of nitrogens with zero attached hydrogens (tertiary/aromatic N) is 1. The van der Waals surface area contributed by atoms with Gasteiger partial charge in [-0.15, -0.1) is 11.3 Å². The fourth-order valence-electron chi connectivity index (χ4n) is 1.78. The molecule has 3 heteroatoms. The minimum atomic E-state index is 0.583. The fourth-order valence-corrected chi connectivity index (χ4v) is 2.75. The summed E-state index contributed by atoms with van der Waals surface area (Å²) in [5.74, 6) is 0. The lowest BCUT2D eigenvalue weighted by Gasteiger charge is -1.98. The number of para-hydroxylation sites is 1. The largest absolute Gasteiger partial charge is 0.326 e. The van der Waals surface area contributed by atoms with Gasteiger partial charge >= 0.3 is 0 Å². The number of aromatic nitrogens is 1. The molecule has 2 nitrogen and oxygen atoms in total. The average Bonchev–Trinajstić information content (AvgIpc) is 2.82. The highest BCUT2D eigenvalue weighted by molar-refractivity contribution is 7.21. The van der Waals surface area contributed by atoms with Crippen LogP contribution < -0.4 is 5.73 Å². The summed E-state index contributed by atoms with van der Waals surface area (Å²) in [6.07, 6.45) is 0. The van der Waals surface area contributed by atoms with Crippen molar-refractivity contribution in [3.8, 4) is 10.6 Å². The Bertz CT molecular complexity index is 608. The van der Waals surface area contributed by atoms with Crippen LogP contribution >= 0.6 is 11.3 Å². The van der Waals surface area contributed by atoms with Gasteiger partial charge in [-0.05, 0) is 17.7 Å². The molecule has 1 aromatic heterocycles. The predicted molar refractivity (Wildman–Crippen MR) is 72.9 cm³/mol. The van der Waals surface area contributed by atoms with Gasteiger partial charge in [0.25, 0.3) is 0 Å². The van der Waals surface area contributed by atoms with Gasteiger partial charge in [-0.25, -0.2) is 4.98 Å². The van der Waals surface area contributed by atoms with Crippen molar-refractivity contribution in [3.05, 3.63) is 54.1 Å². The van der Waals surface area contributed by atoms with Crippen molar-refractivity contribution in [2.75, 3.05) is 0 Å². The Morgan fingerprint density at radius 2 is 1.76 bits per heavy atom. The molecule has 0 aliphatic rings. The van der Waals surface area contributed by atoms with Crippen LogP contribution in [-0.4, -0.2) is 4.98 Å². The molecule has 2 aromatic carbocycles. The van der Waals surface area contributed by atoms with E-state index in [2.05, 4.69) is 35.3 Å². The summed E-state index contributed by atoms with van der Waals surface area (Å²) in [6.45, 7) is 0.583. The monoisotopic (exact) mass is 240 g/mol. The van der Waals surface area contributed by atoms with Crippen LogP contribution in [0.2, 0.25) is 0 Å². The van der Waals surface area contributed by atoms with Crippen molar-refractivity contribution in [2.24, 2.45) is 5.73 Å². The molecule has 0 amide bonds. The lowest BCUT2D eigenvalue weighted by molar-refractivity contribution is 1.07. The van der Waals surface area contributed by atoms with Crippen LogP contribution in [0.4, 0.5) is 0 Å². The predicted octanol–water partition coefficient (Wildman–Crippen LogP) is 3.42. The Hall–Kier alpha value is -1.71. The maximum Gasteiger partial charge on any atom is 0.124 e. The lowest BCUT2D eigenvalue weighted by atomic mass is 10.1. The molecule has 0 fully saturated rings. The van der Waals surface area contributed by atoms with Crippen molar-refractivity contribution >= 4 is 21.6 Å². The third-order valence-electron chi connectivity index (χ3n) is 2.73. The van der Waals surface area contributed by atoms with E-state index in [9.17, 15) is 0 Å². The zero-order chi connectivity index (χ0) is 11.7. The number of benzene rings is 2. The molecule has 0 radical (unpaired) electrons. The van der Waals surface area contributed by atoms with E-state index < -0.39 is 0 Å². The van der Waals surface area contributed by atoms with E-state index >= 15 is 0 Å². The van der Waals surface area contributed by atoms with Crippen LogP contribution in [0.25, 0.3) is 20.8 Å². The Kier molecular flexibility index (Phi) is 2.63. The molecule has 0 spiro atoms. The van der Waals surface area contributed by atoms with Gasteiger partial charge in [0.2, 0.25) is 0 Å². The molecule has 0 atom stereocenters. The zero-order valence-corrected chi connectivity index (χ0v) is 10.1. The molecule has 3 aromatic rings. The molecule has 0 unspecified atom stereocenters. The second kappa shape index (κ2) is 4.28. The van der Waals surface area contributed by atoms with E-state index in [0.717, 1.165) is 21.7 Å². The fraction of sp³-hybridized carbons (Fsp3) is 0.0714. The Labute approximate surface area is 104 Å². The summed E-state index contributed by atoms with van der Waals surface area (Å²) in [5, 5.41) is 1.06. The molecule has 17 heavy (non-hydrogen) atoms. The molecule has 3 rings (SSSR count). The first-order chi connectivity index (χ1) is 8.36. The van der Waals surface area contributed by atoms with Gasteiger partial charge in [0.1, 0.15) is 5.01 Å². The Balaban J connectivity index is 2.07. The maximum atomic E-state index is 5.59. The summed E-state index contributed by atoms with van der Waals surface area (Å²) in [6, 6.07) is 16.5. The maximum absolute atomic E-state index is 5.59. The molecular formula is C14H12N2S. The van der Waals surface area contributed by atoms with Gasteiger partial charge < -0.3 is 5.73 Å². The second-order valence-corrected chi connectivity index (χ2v) is 4.92. The molecule has 0 saturated carbocycles. The molecule has 1 heterocycles. The van der Waals surface area contributed by atoms with Gasteiger partial charge in [-0.1, -0.05) is 36.4 Å². The van der Waals surface area contributed by atoms with E-state index in [-0.39, 0.29) is 0 Å². The van der Waals surface area contributed by atoms with E-state index in [4.69, 9.17) is 5.73 Å². The lowest BCUT2D eigenvalue weighted by Crippen LogP contribution is -1.94.